The number of aliphatic hydroxyl groups is 1. The average Bonchev–Trinajstić information content (AvgIpc) is 3.58. The molecule has 16 heteroatoms. The van der Waals surface area contributed by atoms with Gasteiger partial charge >= 0.3 is 0 Å². The van der Waals surface area contributed by atoms with Crippen LogP contribution in [0.15, 0.2) is 54.6 Å². The van der Waals surface area contributed by atoms with Crippen LogP contribution in [-0.4, -0.2) is 134 Å². The van der Waals surface area contributed by atoms with Crippen LogP contribution in [0, 0.1) is 18.8 Å². The minimum absolute atomic E-state index is 0.0245. The Balaban J connectivity index is 0.735. The number of phenols is 1. The maximum atomic E-state index is 13.0. The SMILES string of the molecule is Cc1cccc(C#Cc2cccc(OCCNC(=O)COCC(=O)NCCNC(=O)COCC(=O)N[C@H]3CC[C@@]4(O)C5Cc6ccc(O)c7c6[C@@]4(CCN5C)[C@H]3O7)c2)n1. The zero-order chi connectivity index (χ0) is 41.6. The number of hydrogen-bond acceptors (Lipinski definition) is 12. The number of rotatable bonds is 16. The van der Waals surface area contributed by atoms with Crippen LogP contribution in [-0.2, 0) is 40.5 Å². The van der Waals surface area contributed by atoms with Crippen LogP contribution in [0.2, 0.25) is 0 Å². The zero-order valence-corrected chi connectivity index (χ0v) is 33.2. The summed E-state index contributed by atoms with van der Waals surface area (Å²) in [5.41, 5.74) is 2.42. The first-order chi connectivity index (χ1) is 28.5. The monoisotopic (exact) mass is 810 g/mol. The molecule has 1 unspecified atom stereocenters. The Hall–Kier alpha value is -5.73. The van der Waals surface area contributed by atoms with E-state index in [2.05, 4.69) is 43.0 Å². The van der Waals surface area contributed by atoms with E-state index in [9.17, 15) is 29.4 Å². The van der Waals surface area contributed by atoms with Crippen LogP contribution in [0.1, 0.15) is 47.3 Å². The maximum absolute atomic E-state index is 13.0. The number of benzene rings is 2. The molecule has 5 atom stereocenters. The second kappa shape index (κ2) is 18.0. The number of ether oxygens (including phenoxy) is 4. The van der Waals surface area contributed by atoms with Gasteiger partial charge in [0, 0.05) is 36.0 Å². The van der Waals surface area contributed by atoms with Gasteiger partial charge in [-0.2, -0.15) is 0 Å². The Labute approximate surface area is 342 Å². The van der Waals surface area contributed by atoms with Gasteiger partial charge in [0.25, 0.3) is 0 Å². The number of phenolic OH excluding ortho intramolecular Hbond substituents is 1. The van der Waals surface area contributed by atoms with Gasteiger partial charge in [-0.3, -0.25) is 19.2 Å². The molecule has 2 bridgehead atoms. The van der Waals surface area contributed by atoms with E-state index in [1.54, 1.807) is 18.2 Å². The van der Waals surface area contributed by atoms with Gasteiger partial charge < -0.3 is 55.3 Å². The summed E-state index contributed by atoms with van der Waals surface area (Å²) < 4.78 is 22.7. The topological polar surface area (TPSA) is 210 Å². The van der Waals surface area contributed by atoms with E-state index in [0.29, 0.717) is 42.9 Å². The summed E-state index contributed by atoms with van der Waals surface area (Å²) in [6.07, 6.45) is 1.65. The molecule has 2 aliphatic heterocycles. The van der Waals surface area contributed by atoms with Crippen molar-refractivity contribution in [3.63, 3.8) is 0 Å². The van der Waals surface area contributed by atoms with Gasteiger partial charge in [-0.15, -0.1) is 0 Å². The van der Waals surface area contributed by atoms with Gasteiger partial charge in [0.05, 0.1) is 23.6 Å². The van der Waals surface area contributed by atoms with Crippen LogP contribution in [0.3, 0.4) is 0 Å². The quantitative estimate of drug-likeness (QED) is 0.0849. The predicted molar refractivity (Wildman–Crippen MR) is 213 cm³/mol. The molecular formula is C43H50N6O10. The molecule has 6 N–H and O–H groups in total. The number of carbonyl (C=O) groups excluding carboxylic acids is 4. The lowest BCUT2D eigenvalue weighted by atomic mass is 9.48. The molecule has 2 aromatic carbocycles. The van der Waals surface area contributed by atoms with Gasteiger partial charge in [-0.1, -0.05) is 24.1 Å². The number of nitrogens with one attached hydrogen (secondary N) is 4. The molecule has 4 amide bonds. The van der Waals surface area contributed by atoms with Gasteiger partial charge in [0.2, 0.25) is 23.6 Å². The lowest BCUT2D eigenvalue weighted by Gasteiger charge is -2.63. The number of piperidine rings is 1. The zero-order valence-electron chi connectivity index (χ0n) is 33.2. The van der Waals surface area contributed by atoms with E-state index in [0.717, 1.165) is 28.9 Å². The molecule has 1 saturated heterocycles. The van der Waals surface area contributed by atoms with Crippen molar-refractivity contribution in [2.45, 2.75) is 61.8 Å². The molecule has 2 fully saturated rings. The van der Waals surface area contributed by atoms with E-state index in [-0.39, 0.29) is 64.5 Å². The van der Waals surface area contributed by atoms with Crippen LogP contribution >= 0.6 is 0 Å². The maximum Gasteiger partial charge on any atom is 0.246 e. The Morgan fingerprint density at radius 2 is 1.59 bits per heavy atom. The first kappa shape index (κ1) is 41.4. The Morgan fingerprint density at radius 3 is 2.32 bits per heavy atom. The number of amides is 4. The summed E-state index contributed by atoms with van der Waals surface area (Å²) in [5, 5.41) is 33.9. The average molecular weight is 811 g/mol. The van der Waals surface area contributed by atoms with E-state index in [1.807, 2.05) is 50.4 Å². The van der Waals surface area contributed by atoms with Crippen molar-refractivity contribution in [2.75, 3.05) is 66.3 Å². The number of nitrogens with zero attached hydrogens (tertiary/aromatic N) is 2. The highest BCUT2D eigenvalue weighted by Crippen LogP contribution is 2.65. The second-order valence-corrected chi connectivity index (χ2v) is 15.4. The number of hydrogen-bond donors (Lipinski definition) is 6. The molecule has 1 aromatic heterocycles. The van der Waals surface area contributed by atoms with Crippen molar-refractivity contribution in [3.05, 3.63) is 82.7 Å². The first-order valence-electron chi connectivity index (χ1n) is 19.8. The van der Waals surface area contributed by atoms with Gasteiger partial charge in [0.15, 0.2) is 11.5 Å². The van der Waals surface area contributed by atoms with Gasteiger partial charge in [-0.25, -0.2) is 4.98 Å². The first-order valence-corrected chi connectivity index (χ1v) is 19.8. The number of aromatic hydroxyl groups is 1. The van der Waals surface area contributed by atoms with Gasteiger partial charge in [-0.05, 0) is 94.1 Å². The summed E-state index contributed by atoms with van der Waals surface area (Å²) in [4.78, 5) is 56.1. The molecule has 59 heavy (non-hydrogen) atoms. The minimum atomic E-state index is -1.07. The summed E-state index contributed by atoms with van der Waals surface area (Å²) in [7, 11) is 2.02. The van der Waals surface area contributed by atoms with E-state index in [1.165, 1.54) is 0 Å². The molecule has 4 aliphatic rings. The highest BCUT2D eigenvalue weighted by molar-refractivity contribution is 5.81. The molecule has 3 heterocycles. The summed E-state index contributed by atoms with van der Waals surface area (Å²) in [6, 6.07) is 16.0. The number of pyridine rings is 1. The molecule has 0 radical (unpaired) electrons. The standard InChI is InChI=1S/C43H50N6O10/c1-27-5-3-7-30(47-27)11-9-28-6-4-8-31(21-28)58-20-18-46-37(53)25-56-23-35(51)44-16-17-45-36(52)24-57-26-38(54)48-32-13-14-43(55)34-22-29-10-12-33(50)40-39(29)42(43,41(32)59-40)15-19-49(34)2/h3-8,10,12,21,32,34,41,50,55H,13-20,22-26H2,1-2H3,(H,44,51)(H,45,52)(H,46,53)(H,48,54)/t32-,34?,41-,42-,43+/m0/s1. The minimum Gasteiger partial charge on any atom is -0.504 e. The molecule has 1 saturated carbocycles. The van der Waals surface area contributed by atoms with Crippen LogP contribution in [0.4, 0.5) is 0 Å². The number of carbonyl (C=O) groups is 4. The lowest BCUT2D eigenvalue weighted by molar-refractivity contribution is -0.187. The van der Waals surface area contributed by atoms with E-state index in [4.69, 9.17) is 18.9 Å². The number of aryl methyl sites for hydroxylation is 1. The van der Waals surface area contributed by atoms with Crippen molar-refractivity contribution >= 4 is 23.6 Å². The van der Waals surface area contributed by atoms with Gasteiger partial charge in [0.1, 0.15) is 50.6 Å². The van der Waals surface area contributed by atoms with Crippen molar-refractivity contribution in [3.8, 4) is 29.1 Å². The summed E-state index contributed by atoms with van der Waals surface area (Å²) >= 11 is 0. The van der Waals surface area contributed by atoms with Crippen molar-refractivity contribution in [2.24, 2.45) is 0 Å². The predicted octanol–water partition coefficient (Wildman–Crippen LogP) is 0.225. The fraction of sp³-hybridized carbons (Fsp3) is 0.465. The summed E-state index contributed by atoms with van der Waals surface area (Å²) in [5.74, 6) is 5.35. The normalized spacial score (nSPS) is 23.4. The largest absolute Gasteiger partial charge is 0.504 e. The Morgan fingerprint density at radius 1 is 0.898 bits per heavy atom. The summed E-state index contributed by atoms with van der Waals surface area (Å²) in [6.45, 7) is 1.92. The number of likely N-dealkylation sites (tertiary alicyclic amines) is 1. The second-order valence-electron chi connectivity index (χ2n) is 15.4. The van der Waals surface area contributed by atoms with Crippen LogP contribution in [0.5, 0.6) is 17.2 Å². The van der Waals surface area contributed by atoms with Crippen molar-refractivity contribution in [1.82, 2.24) is 31.2 Å². The number of aromatic nitrogens is 1. The molecule has 3 aromatic rings. The third-order valence-electron chi connectivity index (χ3n) is 11.5. The molecule has 1 spiro atoms. The Kier molecular flexibility index (Phi) is 12.7. The highest BCUT2D eigenvalue weighted by atomic mass is 16.5. The number of likely N-dealkylation sites (N-methyl/N-ethyl adjacent to an activating group) is 1. The molecule has 312 valence electrons. The van der Waals surface area contributed by atoms with Crippen LogP contribution in [0.25, 0.3) is 0 Å². The highest BCUT2D eigenvalue weighted by Gasteiger charge is 2.72. The smallest absolute Gasteiger partial charge is 0.246 e. The third-order valence-corrected chi connectivity index (χ3v) is 11.5. The molecule has 7 rings (SSSR count). The van der Waals surface area contributed by atoms with E-state index >= 15 is 0 Å². The van der Waals surface area contributed by atoms with Crippen LogP contribution < -0.4 is 30.7 Å². The molecule has 2 aliphatic carbocycles. The molecule has 16 nitrogen and oxygen atoms in total. The van der Waals surface area contributed by atoms with Crippen molar-refractivity contribution < 1.29 is 48.3 Å². The lowest BCUT2D eigenvalue weighted by Crippen LogP contribution is -2.77. The molecular weight excluding hydrogens is 761 g/mol. The van der Waals surface area contributed by atoms with Crippen molar-refractivity contribution in [1.29, 1.82) is 0 Å². The van der Waals surface area contributed by atoms with E-state index < -0.39 is 46.8 Å². The third kappa shape index (κ3) is 8.98. The fourth-order valence-corrected chi connectivity index (χ4v) is 8.95. The Bertz CT molecular complexity index is 2140. The fourth-order valence-electron chi connectivity index (χ4n) is 8.95.